The van der Waals surface area contributed by atoms with E-state index in [4.69, 9.17) is 9.47 Å². The fraction of sp³-hybridized carbons (Fsp3) is 0.250. The number of ether oxygens (including phenoxy) is 2. The molecule has 3 heteroatoms. The summed E-state index contributed by atoms with van der Waals surface area (Å²) in [6.45, 7) is 1.44. The summed E-state index contributed by atoms with van der Waals surface area (Å²) in [5.74, 6) is 2.45. The minimum atomic E-state index is 0.533. The predicted molar refractivity (Wildman–Crippen MR) is 108 cm³/mol. The van der Waals surface area contributed by atoms with Gasteiger partial charge >= 0.3 is 0 Å². The van der Waals surface area contributed by atoms with Crippen molar-refractivity contribution in [2.45, 2.75) is 31.5 Å². The van der Waals surface area contributed by atoms with Crippen LogP contribution in [0.25, 0.3) is 0 Å². The molecule has 0 radical (unpaired) electrons. The highest BCUT2D eigenvalue weighted by molar-refractivity contribution is 5.35. The summed E-state index contributed by atoms with van der Waals surface area (Å²) in [6.07, 6.45) is 1.18. The molecule has 3 aromatic carbocycles. The second-order valence-electron chi connectivity index (χ2n) is 6.98. The monoisotopic (exact) mass is 359 g/mol. The predicted octanol–water partition coefficient (Wildman–Crippen LogP) is 4.92. The fourth-order valence-electron chi connectivity index (χ4n) is 3.43. The maximum atomic E-state index is 5.88. The van der Waals surface area contributed by atoms with Gasteiger partial charge in [-0.3, -0.25) is 0 Å². The highest BCUT2D eigenvalue weighted by Gasteiger charge is 2.37. The Labute approximate surface area is 161 Å². The molecule has 1 fully saturated rings. The SMILES string of the molecule is COc1ccccc1CN[C@@H]1C[C@H]1c1ccc(OCc2ccccc2)cc1. The van der Waals surface area contributed by atoms with Crippen LogP contribution in [0.15, 0.2) is 78.9 Å². The first-order valence-electron chi connectivity index (χ1n) is 9.45. The number of rotatable bonds is 8. The standard InChI is InChI=1S/C24H25NO2/c1-26-24-10-6-5-9-20(24)16-25-23-15-22(23)19-11-13-21(14-12-19)27-17-18-7-3-2-4-8-18/h2-14,22-23,25H,15-17H2,1H3/t22-,23+/m0/s1. The van der Waals surface area contributed by atoms with E-state index in [-0.39, 0.29) is 0 Å². The van der Waals surface area contributed by atoms with Gasteiger partial charge in [-0.2, -0.15) is 0 Å². The first kappa shape index (κ1) is 17.6. The van der Waals surface area contributed by atoms with Crippen LogP contribution in [-0.4, -0.2) is 13.2 Å². The number of nitrogens with one attached hydrogen (secondary N) is 1. The Kier molecular flexibility index (Phi) is 5.40. The Morgan fingerprint density at radius 3 is 2.41 bits per heavy atom. The normalized spacial score (nSPS) is 18.1. The summed E-state index contributed by atoms with van der Waals surface area (Å²) in [5, 5.41) is 3.65. The molecule has 1 N–H and O–H groups in total. The third-order valence-electron chi connectivity index (χ3n) is 5.09. The number of para-hydroxylation sites is 1. The topological polar surface area (TPSA) is 30.5 Å². The smallest absolute Gasteiger partial charge is 0.123 e. The molecular weight excluding hydrogens is 334 g/mol. The lowest BCUT2D eigenvalue weighted by atomic mass is 10.1. The number of benzene rings is 3. The van der Waals surface area contributed by atoms with Crippen molar-refractivity contribution in [1.82, 2.24) is 5.32 Å². The number of hydrogen-bond acceptors (Lipinski definition) is 3. The van der Waals surface area contributed by atoms with Gasteiger partial charge in [0.25, 0.3) is 0 Å². The van der Waals surface area contributed by atoms with E-state index in [1.165, 1.54) is 23.1 Å². The van der Waals surface area contributed by atoms with E-state index in [1.807, 2.05) is 30.3 Å². The summed E-state index contributed by atoms with van der Waals surface area (Å²) in [4.78, 5) is 0. The van der Waals surface area contributed by atoms with Crippen molar-refractivity contribution in [3.8, 4) is 11.5 Å². The summed E-state index contributed by atoms with van der Waals surface area (Å²) >= 11 is 0. The van der Waals surface area contributed by atoms with Gasteiger partial charge in [-0.05, 0) is 35.7 Å². The number of hydrogen-bond donors (Lipinski definition) is 1. The van der Waals surface area contributed by atoms with Crippen LogP contribution >= 0.6 is 0 Å². The van der Waals surface area contributed by atoms with Gasteiger partial charge in [0.15, 0.2) is 0 Å². The van der Waals surface area contributed by atoms with Gasteiger partial charge < -0.3 is 14.8 Å². The molecule has 0 amide bonds. The van der Waals surface area contributed by atoms with Gasteiger partial charge in [-0.15, -0.1) is 0 Å². The summed E-state index contributed by atoms with van der Waals surface area (Å²) in [7, 11) is 1.72. The molecule has 27 heavy (non-hydrogen) atoms. The van der Waals surface area contributed by atoms with Crippen molar-refractivity contribution in [2.75, 3.05) is 7.11 Å². The van der Waals surface area contributed by atoms with Crippen LogP contribution in [0.1, 0.15) is 29.0 Å². The maximum Gasteiger partial charge on any atom is 0.123 e. The summed E-state index contributed by atoms with van der Waals surface area (Å²) < 4.78 is 11.3. The molecule has 1 aliphatic carbocycles. The van der Waals surface area contributed by atoms with Gasteiger partial charge in [0.2, 0.25) is 0 Å². The van der Waals surface area contributed by atoms with E-state index < -0.39 is 0 Å². The Morgan fingerprint density at radius 2 is 1.63 bits per heavy atom. The average molecular weight is 359 g/mol. The number of methoxy groups -OCH3 is 1. The van der Waals surface area contributed by atoms with E-state index in [9.17, 15) is 0 Å². The van der Waals surface area contributed by atoms with Gasteiger partial charge in [-0.1, -0.05) is 60.7 Å². The highest BCUT2D eigenvalue weighted by atomic mass is 16.5. The third-order valence-corrected chi connectivity index (χ3v) is 5.09. The second kappa shape index (κ2) is 8.28. The zero-order valence-corrected chi connectivity index (χ0v) is 15.6. The van der Waals surface area contributed by atoms with Crippen molar-refractivity contribution < 1.29 is 9.47 Å². The van der Waals surface area contributed by atoms with Gasteiger partial charge in [0, 0.05) is 24.1 Å². The molecule has 0 heterocycles. The Morgan fingerprint density at radius 1 is 0.889 bits per heavy atom. The lowest BCUT2D eigenvalue weighted by Gasteiger charge is -2.10. The van der Waals surface area contributed by atoms with Crippen molar-refractivity contribution in [3.05, 3.63) is 95.6 Å². The molecule has 2 atom stereocenters. The molecule has 4 rings (SSSR count). The minimum absolute atomic E-state index is 0.533. The van der Waals surface area contributed by atoms with Crippen LogP contribution in [0.2, 0.25) is 0 Å². The summed E-state index contributed by atoms with van der Waals surface area (Å²) in [5.41, 5.74) is 3.76. The van der Waals surface area contributed by atoms with E-state index >= 15 is 0 Å². The molecule has 1 aliphatic rings. The zero-order valence-electron chi connectivity index (χ0n) is 15.6. The first-order valence-corrected chi connectivity index (χ1v) is 9.45. The molecule has 3 aromatic rings. The zero-order chi connectivity index (χ0) is 18.5. The van der Waals surface area contributed by atoms with E-state index in [2.05, 4.69) is 53.8 Å². The van der Waals surface area contributed by atoms with Crippen LogP contribution in [0.5, 0.6) is 11.5 Å². The maximum absolute atomic E-state index is 5.88. The quantitative estimate of drug-likeness (QED) is 0.619. The molecule has 1 saturated carbocycles. The Bertz CT molecular complexity index is 861. The largest absolute Gasteiger partial charge is 0.496 e. The molecule has 0 bridgehead atoms. The first-order chi connectivity index (χ1) is 13.3. The Hall–Kier alpha value is -2.78. The Balaban J connectivity index is 1.28. The van der Waals surface area contributed by atoms with Gasteiger partial charge in [0.05, 0.1) is 7.11 Å². The van der Waals surface area contributed by atoms with Crippen molar-refractivity contribution in [3.63, 3.8) is 0 Å². The lowest BCUT2D eigenvalue weighted by molar-refractivity contribution is 0.306. The van der Waals surface area contributed by atoms with Crippen LogP contribution < -0.4 is 14.8 Å². The van der Waals surface area contributed by atoms with E-state index in [1.54, 1.807) is 7.11 Å². The fourth-order valence-corrected chi connectivity index (χ4v) is 3.43. The molecule has 0 aromatic heterocycles. The molecular formula is C24H25NO2. The molecule has 0 saturated heterocycles. The molecule has 0 unspecified atom stereocenters. The van der Waals surface area contributed by atoms with E-state index in [0.29, 0.717) is 18.6 Å². The minimum Gasteiger partial charge on any atom is -0.496 e. The van der Waals surface area contributed by atoms with Crippen LogP contribution in [0, 0.1) is 0 Å². The van der Waals surface area contributed by atoms with Crippen molar-refractivity contribution >= 4 is 0 Å². The van der Waals surface area contributed by atoms with Crippen LogP contribution in [0.4, 0.5) is 0 Å². The van der Waals surface area contributed by atoms with E-state index in [0.717, 1.165) is 18.0 Å². The lowest BCUT2D eigenvalue weighted by Crippen LogP contribution is -2.17. The molecule has 0 spiro atoms. The summed E-state index contributed by atoms with van der Waals surface area (Å²) in [6, 6.07) is 27.5. The second-order valence-corrected chi connectivity index (χ2v) is 6.98. The highest BCUT2D eigenvalue weighted by Crippen LogP contribution is 2.41. The van der Waals surface area contributed by atoms with Crippen LogP contribution in [0.3, 0.4) is 0 Å². The molecule has 138 valence electrons. The average Bonchev–Trinajstić information content (AvgIpc) is 3.52. The van der Waals surface area contributed by atoms with Crippen LogP contribution in [-0.2, 0) is 13.2 Å². The van der Waals surface area contributed by atoms with Crippen molar-refractivity contribution in [2.24, 2.45) is 0 Å². The van der Waals surface area contributed by atoms with Crippen molar-refractivity contribution in [1.29, 1.82) is 0 Å². The molecule has 3 nitrogen and oxygen atoms in total. The van der Waals surface area contributed by atoms with Gasteiger partial charge in [0.1, 0.15) is 18.1 Å². The third kappa shape index (κ3) is 4.50. The molecule has 0 aliphatic heterocycles. The van der Waals surface area contributed by atoms with Gasteiger partial charge in [-0.25, -0.2) is 0 Å².